The van der Waals surface area contributed by atoms with Crippen LogP contribution in [0.5, 0.6) is 0 Å². The zero-order valence-corrected chi connectivity index (χ0v) is 15.1. The summed E-state index contributed by atoms with van der Waals surface area (Å²) in [5, 5.41) is 5.17. The molecule has 1 aliphatic rings. The zero-order chi connectivity index (χ0) is 15.8. The van der Waals surface area contributed by atoms with Crippen molar-refractivity contribution in [2.24, 2.45) is 5.41 Å². The van der Waals surface area contributed by atoms with E-state index >= 15 is 0 Å². The van der Waals surface area contributed by atoms with E-state index in [1.807, 2.05) is 6.92 Å². The van der Waals surface area contributed by atoms with Gasteiger partial charge in [-0.3, -0.25) is 0 Å². The Morgan fingerprint density at radius 2 is 2.05 bits per heavy atom. The molecule has 4 nitrogen and oxygen atoms in total. The molecule has 1 unspecified atom stereocenters. The molecule has 1 heterocycles. The minimum Gasteiger partial charge on any atom is -0.309 e. The van der Waals surface area contributed by atoms with E-state index in [-0.39, 0.29) is 11.5 Å². The second-order valence-corrected chi connectivity index (χ2v) is 9.96. The van der Waals surface area contributed by atoms with Crippen LogP contribution in [0.25, 0.3) is 0 Å². The van der Waals surface area contributed by atoms with Gasteiger partial charge in [0.1, 0.15) is 0 Å². The topological polar surface area (TPSA) is 49.4 Å². The second-order valence-electron chi connectivity index (χ2n) is 6.97. The van der Waals surface area contributed by atoms with Crippen molar-refractivity contribution in [1.82, 2.24) is 9.62 Å². The minimum absolute atomic E-state index is 0.0598. The Balaban J connectivity index is 2.11. The molecule has 0 bridgehead atoms. The summed E-state index contributed by atoms with van der Waals surface area (Å²) in [6, 6.07) is 2.38. The van der Waals surface area contributed by atoms with Crippen molar-refractivity contribution in [3.05, 3.63) is 16.3 Å². The molecule has 2 rings (SSSR count). The molecule has 0 aromatic carbocycles. The van der Waals surface area contributed by atoms with Gasteiger partial charge in [0, 0.05) is 35.9 Å². The summed E-state index contributed by atoms with van der Waals surface area (Å²) >= 11 is 1.51. The molecule has 6 heteroatoms. The van der Waals surface area contributed by atoms with Crippen LogP contribution in [0.4, 0.5) is 0 Å². The lowest BCUT2D eigenvalue weighted by Gasteiger charge is -2.34. The predicted molar refractivity (Wildman–Crippen MR) is 88.0 cm³/mol. The maximum atomic E-state index is 12.7. The van der Waals surface area contributed by atoms with Gasteiger partial charge in [-0.05, 0) is 31.2 Å². The lowest BCUT2D eigenvalue weighted by Crippen LogP contribution is -2.42. The summed E-state index contributed by atoms with van der Waals surface area (Å²) in [5.41, 5.74) is -0.0891. The van der Waals surface area contributed by atoms with E-state index in [4.69, 9.17) is 0 Å². The van der Waals surface area contributed by atoms with E-state index in [2.05, 4.69) is 26.1 Å². The monoisotopic (exact) mass is 330 g/mol. The van der Waals surface area contributed by atoms with E-state index in [0.29, 0.717) is 10.9 Å². The number of nitrogens with zero attached hydrogens (tertiary/aromatic N) is 1. The lowest BCUT2D eigenvalue weighted by molar-refractivity contribution is 0.216. The van der Waals surface area contributed by atoms with Crippen LogP contribution < -0.4 is 5.32 Å². The fourth-order valence-corrected chi connectivity index (χ4v) is 4.80. The highest BCUT2D eigenvalue weighted by atomic mass is 32.2. The van der Waals surface area contributed by atoms with Crippen molar-refractivity contribution in [1.29, 1.82) is 0 Å². The van der Waals surface area contributed by atoms with Gasteiger partial charge in [-0.2, -0.15) is 4.31 Å². The van der Waals surface area contributed by atoms with Crippen molar-refractivity contribution >= 4 is 21.4 Å². The molecule has 0 spiro atoms. The summed E-state index contributed by atoms with van der Waals surface area (Å²) in [7, 11) is -1.74. The predicted octanol–water partition coefficient (Wildman–Crippen LogP) is 3.06. The van der Waals surface area contributed by atoms with Crippen molar-refractivity contribution in [2.75, 3.05) is 7.05 Å². The third-order valence-corrected chi connectivity index (χ3v) is 7.24. The molecule has 1 aromatic heterocycles. The first-order valence-electron chi connectivity index (χ1n) is 7.41. The Morgan fingerprint density at radius 3 is 2.57 bits per heavy atom. The molecule has 1 aromatic rings. The third kappa shape index (κ3) is 4.06. The Labute approximate surface area is 132 Å². The average molecular weight is 331 g/mol. The highest BCUT2D eigenvalue weighted by Gasteiger charge is 2.33. The molecule has 0 amide bonds. The van der Waals surface area contributed by atoms with Gasteiger partial charge < -0.3 is 5.32 Å². The van der Waals surface area contributed by atoms with Crippen molar-refractivity contribution in [2.45, 2.75) is 64.1 Å². The first kappa shape index (κ1) is 16.9. The smallest absolute Gasteiger partial charge is 0.243 e. The second kappa shape index (κ2) is 5.99. The van der Waals surface area contributed by atoms with Crippen LogP contribution >= 0.6 is 11.3 Å². The average Bonchev–Trinajstić information content (AvgIpc) is 3.09. The summed E-state index contributed by atoms with van der Waals surface area (Å²) < 4.78 is 26.9. The maximum absolute atomic E-state index is 12.7. The van der Waals surface area contributed by atoms with Gasteiger partial charge in [-0.1, -0.05) is 20.8 Å². The fourth-order valence-electron chi connectivity index (χ4n) is 2.04. The van der Waals surface area contributed by atoms with Crippen LogP contribution in [-0.4, -0.2) is 31.9 Å². The lowest BCUT2D eigenvalue weighted by atomic mass is 9.88. The molecule has 0 aliphatic heterocycles. The molecule has 1 aliphatic carbocycles. The molecule has 0 saturated heterocycles. The van der Waals surface area contributed by atoms with Gasteiger partial charge in [0.15, 0.2) is 0 Å². The Bertz CT molecular complexity index is 583. The molecule has 0 radical (unpaired) electrons. The normalized spacial score (nSPS) is 18.2. The summed E-state index contributed by atoms with van der Waals surface area (Å²) in [5.74, 6) is 0. The molecule has 1 fully saturated rings. The molecule has 1 N–H and O–H groups in total. The highest BCUT2D eigenvalue weighted by Crippen LogP contribution is 2.29. The zero-order valence-electron chi connectivity index (χ0n) is 13.5. The van der Waals surface area contributed by atoms with Crippen molar-refractivity contribution < 1.29 is 8.42 Å². The van der Waals surface area contributed by atoms with Crippen molar-refractivity contribution in [3.63, 3.8) is 0 Å². The molecule has 1 atom stereocenters. The number of rotatable bonds is 6. The number of hydrogen-bond donors (Lipinski definition) is 1. The number of hydrogen-bond acceptors (Lipinski definition) is 4. The highest BCUT2D eigenvalue weighted by molar-refractivity contribution is 7.89. The van der Waals surface area contributed by atoms with Gasteiger partial charge in [0.25, 0.3) is 0 Å². The van der Waals surface area contributed by atoms with E-state index in [1.165, 1.54) is 28.5 Å². The summed E-state index contributed by atoms with van der Waals surface area (Å²) in [4.78, 5) is 1.50. The van der Waals surface area contributed by atoms with Gasteiger partial charge in [0.05, 0.1) is 4.90 Å². The SMILES string of the molecule is CC(N(C)S(=O)(=O)c1csc(CNC2CC2)c1)C(C)(C)C. The van der Waals surface area contributed by atoms with E-state index in [9.17, 15) is 8.42 Å². The van der Waals surface area contributed by atoms with Crippen LogP contribution in [-0.2, 0) is 16.6 Å². The Morgan fingerprint density at radius 1 is 1.43 bits per heavy atom. The number of thiophene rings is 1. The Kier molecular flexibility index (Phi) is 4.83. The van der Waals surface area contributed by atoms with Crippen LogP contribution in [0.1, 0.15) is 45.4 Å². The largest absolute Gasteiger partial charge is 0.309 e. The van der Waals surface area contributed by atoms with Gasteiger partial charge >= 0.3 is 0 Å². The minimum atomic E-state index is -3.41. The molecule has 1 saturated carbocycles. The fraction of sp³-hybridized carbons (Fsp3) is 0.733. The molecule has 120 valence electrons. The number of sulfonamides is 1. The van der Waals surface area contributed by atoms with Gasteiger partial charge in [-0.15, -0.1) is 11.3 Å². The van der Waals surface area contributed by atoms with Crippen LogP contribution in [0.3, 0.4) is 0 Å². The van der Waals surface area contributed by atoms with Crippen LogP contribution in [0.15, 0.2) is 16.3 Å². The van der Waals surface area contributed by atoms with E-state index in [1.54, 1.807) is 18.5 Å². The third-order valence-electron chi connectivity index (χ3n) is 4.25. The Hall–Kier alpha value is -0.430. The van der Waals surface area contributed by atoms with Crippen molar-refractivity contribution in [3.8, 4) is 0 Å². The quantitative estimate of drug-likeness (QED) is 0.872. The van der Waals surface area contributed by atoms with E-state index in [0.717, 1.165) is 11.4 Å². The number of nitrogens with one attached hydrogen (secondary N) is 1. The summed E-state index contributed by atoms with van der Waals surface area (Å²) in [6.45, 7) is 8.90. The van der Waals surface area contributed by atoms with Crippen LogP contribution in [0.2, 0.25) is 0 Å². The van der Waals surface area contributed by atoms with Gasteiger partial charge in [-0.25, -0.2) is 8.42 Å². The van der Waals surface area contributed by atoms with Gasteiger partial charge in [0.2, 0.25) is 10.0 Å². The standard InChI is InChI=1S/C15H26N2O2S2/c1-11(15(2,3)4)17(5)21(18,19)14-8-13(20-10-14)9-16-12-6-7-12/h8,10-12,16H,6-7,9H2,1-5H3. The maximum Gasteiger partial charge on any atom is 0.243 e. The molecular formula is C15H26N2O2S2. The first-order chi connectivity index (χ1) is 9.62. The molecule has 21 heavy (non-hydrogen) atoms. The molecular weight excluding hydrogens is 304 g/mol. The van der Waals surface area contributed by atoms with E-state index < -0.39 is 10.0 Å². The summed E-state index contributed by atoms with van der Waals surface area (Å²) in [6.07, 6.45) is 2.48. The van der Waals surface area contributed by atoms with Crippen LogP contribution in [0, 0.1) is 5.41 Å². The first-order valence-corrected chi connectivity index (χ1v) is 9.73.